The molecule has 0 aliphatic carbocycles. The van der Waals surface area contributed by atoms with Crippen LogP contribution in [0.4, 0.5) is 11.4 Å². The van der Waals surface area contributed by atoms with Gasteiger partial charge in [-0.2, -0.15) is 0 Å². The van der Waals surface area contributed by atoms with E-state index in [0.717, 1.165) is 0 Å². The second-order valence-corrected chi connectivity index (χ2v) is 4.69. The van der Waals surface area contributed by atoms with Gasteiger partial charge < -0.3 is 24.5 Å². The molecule has 0 radical (unpaired) electrons. The van der Waals surface area contributed by atoms with E-state index in [1.54, 1.807) is 13.0 Å². The lowest BCUT2D eigenvalue weighted by Crippen LogP contribution is -2.10. The normalized spacial score (nSPS) is 15.9. The Labute approximate surface area is 98.5 Å². The Hall–Kier alpha value is -1.67. The van der Waals surface area contributed by atoms with Gasteiger partial charge in [0, 0.05) is 6.54 Å². The lowest BCUT2D eigenvalue weighted by atomic mass is 10.1. The van der Waals surface area contributed by atoms with Gasteiger partial charge in [-0.15, -0.1) is 8.42 Å². The molecule has 0 spiro atoms. The van der Waals surface area contributed by atoms with Crippen molar-refractivity contribution in [2.75, 3.05) is 24.2 Å². The summed E-state index contributed by atoms with van der Waals surface area (Å²) in [5.74, 6) is 0.0204. The van der Waals surface area contributed by atoms with Gasteiger partial charge in [0.2, 0.25) is 11.5 Å². The number of nitrogen functional groups attached to an aromatic ring is 1. The number of aliphatic hydroxyl groups is 1. The molecule has 0 aromatic heterocycles. The van der Waals surface area contributed by atoms with Crippen molar-refractivity contribution >= 4 is 21.8 Å². The standard InChI is InChI=1S/C9H12N2O5S/c1-5-4-6(10)8-9(7(5)11-2-3-12)16-17(13,14)15-8/h4,11-12H,2-3,10H2,1H3. The van der Waals surface area contributed by atoms with Crippen LogP contribution >= 0.6 is 0 Å². The van der Waals surface area contributed by atoms with Crippen LogP contribution < -0.4 is 19.4 Å². The van der Waals surface area contributed by atoms with Crippen molar-refractivity contribution in [3.63, 3.8) is 0 Å². The van der Waals surface area contributed by atoms with Crippen LogP contribution in [0.15, 0.2) is 6.07 Å². The highest BCUT2D eigenvalue weighted by Gasteiger charge is 2.34. The molecule has 7 nitrogen and oxygen atoms in total. The molecule has 94 valence electrons. The third-order valence-electron chi connectivity index (χ3n) is 2.25. The predicted octanol–water partition coefficient (Wildman–Crippen LogP) is -0.00258. The summed E-state index contributed by atoms with van der Waals surface area (Å²) in [4.78, 5) is 0. The SMILES string of the molecule is Cc1cc(N)c2c(c1NCCO)OS(=O)(=O)O2. The van der Waals surface area contributed by atoms with Crippen molar-refractivity contribution in [3.05, 3.63) is 11.6 Å². The van der Waals surface area contributed by atoms with Crippen molar-refractivity contribution in [1.82, 2.24) is 0 Å². The highest BCUT2D eigenvalue weighted by atomic mass is 32.3. The van der Waals surface area contributed by atoms with Gasteiger partial charge in [-0.25, -0.2) is 0 Å². The molecular formula is C9H12N2O5S. The van der Waals surface area contributed by atoms with E-state index in [0.29, 0.717) is 11.3 Å². The maximum atomic E-state index is 11.2. The maximum Gasteiger partial charge on any atom is 0.501 e. The van der Waals surface area contributed by atoms with E-state index in [-0.39, 0.29) is 30.3 Å². The number of anilines is 2. The number of hydrogen-bond acceptors (Lipinski definition) is 7. The highest BCUT2D eigenvalue weighted by molar-refractivity contribution is 7.82. The Kier molecular flexibility index (Phi) is 2.76. The Morgan fingerprint density at radius 3 is 2.71 bits per heavy atom. The van der Waals surface area contributed by atoms with E-state index in [9.17, 15) is 8.42 Å². The van der Waals surface area contributed by atoms with Crippen LogP contribution in [0.2, 0.25) is 0 Å². The summed E-state index contributed by atoms with van der Waals surface area (Å²) in [6.07, 6.45) is 0. The zero-order chi connectivity index (χ0) is 12.6. The molecule has 0 bridgehead atoms. The fourth-order valence-corrected chi connectivity index (χ4v) is 2.36. The summed E-state index contributed by atoms with van der Waals surface area (Å²) >= 11 is 0. The minimum atomic E-state index is -4.07. The second-order valence-electron chi connectivity index (χ2n) is 3.54. The fourth-order valence-electron chi connectivity index (χ4n) is 1.58. The van der Waals surface area contributed by atoms with Crippen LogP contribution in [0.3, 0.4) is 0 Å². The molecule has 0 saturated heterocycles. The van der Waals surface area contributed by atoms with Crippen molar-refractivity contribution in [1.29, 1.82) is 0 Å². The molecule has 0 saturated carbocycles. The maximum absolute atomic E-state index is 11.2. The summed E-state index contributed by atoms with van der Waals surface area (Å²) in [5.41, 5.74) is 6.99. The van der Waals surface area contributed by atoms with E-state index < -0.39 is 10.4 Å². The van der Waals surface area contributed by atoms with Gasteiger partial charge in [0.15, 0.2) is 0 Å². The molecule has 17 heavy (non-hydrogen) atoms. The number of benzene rings is 1. The fraction of sp³-hybridized carbons (Fsp3) is 0.333. The molecule has 1 aliphatic heterocycles. The van der Waals surface area contributed by atoms with Gasteiger partial charge in [0.1, 0.15) is 0 Å². The summed E-state index contributed by atoms with van der Waals surface area (Å²) in [7, 11) is -4.07. The Balaban J connectivity index is 2.52. The van der Waals surface area contributed by atoms with Crippen LogP contribution in [-0.2, 0) is 10.4 Å². The van der Waals surface area contributed by atoms with E-state index >= 15 is 0 Å². The molecule has 0 amide bonds. The van der Waals surface area contributed by atoms with E-state index in [1.165, 1.54) is 0 Å². The second kappa shape index (κ2) is 3.97. The topological polar surface area (TPSA) is 111 Å². The van der Waals surface area contributed by atoms with Crippen molar-refractivity contribution < 1.29 is 21.9 Å². The molecule has 2 rings (SSSR count). The number of rotatable bonds is 3. The molecule has 1 aliphatic rings. The van der Waals surface area contributed by atoms with E-state index in [1.807, 2.05) is 0 Å². The zero-order valence-corrected chi connectivity index (χ0v) is 9.87. The van der Waals surface area contributed by atoms with Gasteiger partial charge in [-0.1, -0.05) is 0 Å². The third kappa shape index (κ3) is 2.08. The van der Waals surface area contributed by atoms with Gasteiger partial charge in [-0.05, 0) is 18.6 Å². The van der Waals surface area contributed by atoms with Gasteiger partial charge >= 0.3 is 10.4 Å². The average Bonchev–Trinajstić information content (AvgIpc) is 2.54. The molecule has 1 heterocycles. The highest BCUT2D eigenvalue weighted by Crippen LogP contribution is 2.47. The van der Waals surface area contributed by atoms with Crippen LogP contribution in [0.5, 0.6) is 11.5 Å². The molecule has 0 fully saturated rings. The zero-order valence-electron chi connectivity index (χ0n) is 9.06. The number of fused-ring (bicyclic) bond motifs is 1. The first-order valence-electron chi connectivity index (χ1n) is 4.86. The largest absolute Gasteiger partial charge is 0.501 e. The Morgan fingerprint density at radius 2 is 2.06 bits per heavy atom. The van der Waals surface area contributed by atoms with E-state index in [2.05, 4.69) is 9.50 Å². The van der Waals surface area contributed by atoms with Crippen LogP contribution in [0.1, 0.15) is 5.56 Å². The lowest BCUT2D eigenvalue weighted by molar-refractivity contribution is 0.311. The molecule has 1 aromatic rings. The predicted molar refractivity (Wildman–Crippen MR) is 61.3 cm³/mol. The number of hydrogen-bond donors (Lipinski definition) is 3. The van der Waals surface area contributed by atoms with Crippen molar-refractivity contribution in [2.45, 2.75) is 6.92 Å². The van der Waals surface area contributed by atoms with Gasteiger partial charge in [0.25, 0.3) is 0 Å². The quantitative estimate of drug-likeness (QED) is 0.656. The molecular weight excluding hydrogens is 248 g/mol. The monoisotopic (exact) mass is 260 g/mol. The first-order valence-corrected chi connectivity index (χ1v) is 6.19. The number of nitrogens with two attached hydrogens (primary N) is 1. The lowest BCUT2D eigenvalue weighted by Gasteiger charge is -2.11. The molecule has 8 heteroatoms. The molecule has 0 unspecified atom stereocenters. The summed E-state index contributed by atoms with van der Waals surface area (Å²) in [6.45, 7) is 1.91. The molecule has 4 N–H and O–H groups in total. The average molecular weight is 260 g/mol. The van der Waals surface area contributed by atoms with Gasteiger partial charge in [-0.3, -0.25) is 0 Å². The number of aryl methyl sites for hydroxylation is 1. The summed E-state index contributed by atoms with van der Waals surface area (Å²) < 4.78 is 31.7. The minimum absolute atomic E-state index is 0.0176. The first kappa shape index (κ1) is 11.8. The number of nitrogens with one attached hydrogen (secondary N) is 1. The van der Waals surface area contributed by atoms with Crippen LogP contribution in [0, 0.1) is 6.92 Å². The van der Waals surface area contributed by atoms with Crippen molar-refractivity contribution in [2.24, 2.45) is 0 Å². The number of aliphatic hydroxyl groups excluding tert-OH is 1. The van der Waals surface area contributed by atoms with Gasteiger partial charge in [0.05, 0.1) is 18.0 Å². The summed E-state index contributed by atoms with van der Waals surface area (Å²) in [5, 5.41) is 11.6. The minimum Gasteiger partial charge on any atom is -0.396 e. The Morgan fingerprint density at radius 1 is 1.41 bits per heavy atom. The smallest absolute Gasteiger partial charge is 0.396 e. The van der Waals surface area contributed by atoms with Crippen LogP contribution in [0.25, 0.3) is 0 Å². The van der Waals surface area contributed by atoms with E-state index in [4.69, 9.17) is 15.0 Å². The molecule has 0 atom stereocenters. The molecule has 1 aromatic carbocycles. The first-order chi connectivity index (χ1) is 7.94. The summed E-state index contributed by atoms with van der Waals surface area (Å²) in [6, 6.07) is 1.57. The third-order valence-corrected chi connectivity index (χ3v) is 2.99. The van der Waals surface area contributed by atoms with Crippen molar-refractivity contribution in [3.8, 4) is 11.5 Å². The van der Waals surface area contributed by atoms with Crippen LogP contribution in [-0.4, -0.2) is 26.7 Å². The Bertz CT molecular complexity index is 555.